The molecule has 0 amide bonds. The van der Waals surface area contributed by atoms with E-state index in [4.69, 9.17) is 23.2 Å². The van der Waals surface area contributed by atoms with Gasteiger partial charge >= 0.3 is 6.18 Å². The fraction of sp³-hybridized carbons (Fsp3) is 0.333. The van der Waals surface area contributed by atoms with Crippen molar-refractivity contribution in [1.29, 1.82) is 0 Å². The number of pyridine rings is 1. The molecular weight excluding hydrogens is 416 g/mol. The summed E-state index contributed by atoms with van der Waals surface area (Å²) < 4.78 is 41.1. The minimum atomic E-state index is -4.71. The Hall–Kier alpha value is -2.03. The zero-order chi connectivity index (χ0) is 20.1. The van der Waals surface area contributed by atoms with E-state index in [1.54, 1.807) is 41.5 Å². The molecule has 1 aliphatic heterocycles. The predicted octanol–water partition coefficient (Wildman–Crippen LogP) is 4.62. The minimum absolute atomic E-state index is 0.212. The number of alkyl halides is 3. The largest absolute Gasteiger partial charge is 0.416 e. The second-order valence-electron chi connectivity index (χ2n) is 6.62. The van der Waals surface area contributed by atoms with Crippen LogP contribution in [0, 0.1) is 0 Å². The van der Waals surface area contributed by atoms with Gasteiger partial charge in [0.2, 0.25) is 0 Å². The highest BCUT2D eigenvalue weighted by Crippen LogP contribution is 2.38. The van der Waals surface area contributed by atoms with Crippen molar-refractivity contribution >= 4 is 39.9 Å². The Morgan fingerprint density at radius 3 is 2.71 bits per heavy atom. The number of imidazole rings is 1. The highest BCUT2D eigenvalue weighted by molar-refractivity contribution is 6.45. The lowest BCUT2D eigenvalue weighted by molar-refractivity contribution is -0.209. The van der Waals surface area contributed by atoms with Crippen LogP contribution in [0.3, 0.4) is 0 Å². The molecule has 3 aromatic rings. The van der Waals surface area contributed by atoms with Gasteiger partial charge in [0.15, 0.2) is 6.10 Å². The van der Waals surface area contributed by atoms with E-state index in [-0.39, 0.29) is 11.4 Å². The van der Waals surface area contributed by atoms with Crippen LogP contribution in [0.2, 0.25) is 10.0 Å². The van der Waals surface area contributed by atoms with Crippen LogP contribution in [0.15, 0.2) is 36.9 Å². The molecule has 28 heavy (non-hydrogen) atoms. The minimum Gasteiger partial charge on any atom is -0.382 e. The average molecular weight is 431 g/mol. The molecule has 1 aliphatic rings. The Bertz CT molecular complexity index is 1010. The molecule has 1 N–H and O–H groups in total. The lowest BCUT2D eigenvalue weighted by Crippen LogP contribution is -2.47. The van der Waals surface area contributed by atoms with Crippen LogP contribution in [0.25, 0.3) is 16.6 Å². The van der Waals surface area contributed by atoms with Crippen molar-refractivity contribution in [1.82, 2.24) is 14.5 Å². The number of halogens is 5. The molecule has 0 spiro atoms. The Morgan fingerprint density at radius 1 is 1.25 bits per heavy atom. The monoisotopic (exact) mass is 430 g/mol. The van der Waals surface area contributed by atoms with Crippen LogP contribution in [0.1, 0.15) is 12.8 Å². The van der Waals surface area contributed by atoms with Crippen molar-refractivity contribution in [2.24, 2.45) is 0 Å². The van der Waals surface area contributed by atoms with E-state index >= 15 is 0 Å². The fourth-order valence-electron chi connectivity index (χ4n) is 3.59. The van der Waals surface area contributed by atoms with Gasteiger partial charge in [0.25, 0.3) is 0 Å². The van der Waals surface area contributed by atoms with E-state index in [1.807, 2.05) is 0 Å². The first-order valence-corrected chi connectivity index (χ1v) is 9.31. The van der Waals surface area contributed by atoms with Gasteiger partial charge in [0.1, 0.15) is 5.82 Å². The van der Waals surface area contributed by atoms with Crippen LogP contribution < -0.4 is 4.90 Å². The van der Waals surface area contributed by atoms with E-state index in [1.165, 1.54) is 4.90 Å². The summed E-state index contributed by atoms with van der Waals surface area (Å²) in [5, 5.41) is 11.0. The van der Waals surface area contributed by atoms with Crippen molar-refractivity contribution < 1.29 is 18.3 Å². The highest BCUT2D eigenvalue weighted by atomic mass is 35.5. The lowest BCUT2D eigenvalue weighted by Gasteiger charge is -2.31. The maximum Gasteiger partial charge on any atom is 0.416 e. The molecule has 0 aliphatic carbocycles. The van der Waals surface area contributed by atoms with E-state index in [0.29, 0.717) is 40.4 Å². The van der Waals surface area contributed by atoms with Gasteiger partial charge in [-0.25, -0.2) is 9.97 Å². The van der Waals surface area contributed by atoms with E-state index in [2.05, 4.69) is 9.97 Å². The number of aromatic nitrogens is 3. The first-order chi connectivity index (χ1) is 13.3. The molecule has 1 aromatic carbocycles. The normalized spacial score (nSPS) is 18.8. The SMILES string of the molecule is O[C@H](C1CCCN1c1cc(-n2ccnc2)c2ccc(Cl)c(Cl)c2n1)C(F)(F)F. The summed E-state index contributed by atoms with van der Waals surface area (Å²) in [5.74, 6) is 0.297. The van der Waals surface area contributed by atoms with Crippen molar-refractivity contribution in [3.63, 3.8) is 0 Å². The number of rotatable bonds is 3. The number of benzene rings is 1. The van der Waals surface area contributed by atoms with Crippen molar-refractivity contribution in [3.8, 4) is 5.69 Å². The van der Waals surface area contributed by atoms with Crippen molar-refractivity contribution in [2.45, 2.75) is 31.2 Å². The quantitative estimate of drug-likeness (QED) is 0.658. The number of aliphatic hydroxyl groups excluding tert-OH is 1. The number of aliphatic hydroxyl groups is 1. The Morgan fingerprint density at radius 2 is 2.04 bits per heavy atom. The molecule has 3 heterocycles. The third-order valence-electron chi connectivity index (χ3n) is 4.91. The van der Waals surface area contributed by atoms with E-state index in [0.717, 1.165) is 0 Å². The zero-order valence-electron chi connectivity index (χ0n) is 14.4. The second-order valence-corrected chi connectivity index (χ2v) is 7.40. The summed E-state index contributed by atoms with van der Waals surface area (Å²) >= 11 is 12.5. The second kappa shape index (κ2) is 7.09. The molecule has 5 nitrogen and oxygen atoms in total. The van der Waals surface area contributed by atoms with Gasteiger partial charge in [-0.1, -0.05) is 23.2 Å². The van der Waals surface area contributed by atoms with Crippen molar-refractivity contribution in [2.75, 3.05) is 11.4 Å². The van der Waals surface area contributed by atoms with Gasteiger partial charge < -0.3 is 14.6 Å². The summed E-state index contributed by atoms with van der Waals surface area (Å²) in [7, 11) is 0. The van der Waals surface area contributed by atoms with Crippen LogP contribution in [-0.2, 0) is 0 Å². The molecule has 1 unspecified atom stereocenters. The molecule has 148 valence electrons. The summed E-state index contributed by atoms with van der Waals surface area (Å²) in [5.41, 5.74) is 1.03. The molecule has 2 atom stereocenters. The fourth-order valence-corrected chi connectivity index (χ4v) is 3.95. The Balaban J connectivity index is 1.89. The standard InChI is InChI=1S/C18H15Cl2F3N4O/c19-11-4-3-10-13(26-7-5-24-9-26)8-14(25-16(10)15(11)20)27-6-1-2-12(27)17(28)18(21,22)23/h3-5,7-9,12,17,28H,1-2,6H2/t12?,17-/m1/s1. The van der Waals surface area contributed by atoms with Gasteiger partial charge in [-0.05, 0) is 25.0 Å². The van der Waals surface area contributed by atoms with Crippen molar-refractivity contribution in [3.05, 3.63) is 47.0 Å². The maximum absolute atomic E-state index is 13.1. The first-order valence-electron chi connectivity index (χ1n) is 8.56. The molecule has 2 aromatic heterocycles. The summed E-state index contributed by atoms with van der Waals surface area (Å²) in [6.45, 7) is 0.345. The number of nitrogens with zero attached hydrogens (tertiary/aromatic N) is 4. The highest BCUT2D eigenvalue weighted by Gasteiger charge is 2.47. The zero-order valence-corrected chi connectivity index (χ0v) is 15.9. The average Bonchev–Trinajstić information content (AvgIpc) is 3.34. The van der Waals surface area contributed by atoms with E-state index < -0.39 is 18.3 Å². The molecule has 0 bridgehead atoms. The van der Waals surface area contributed by atoms with Gasteiger partial charge in [0, 0.05) is 30.4 Å². The molecular formula is C18H15Cl2F3N4O. The Kier molecular flexibility index (Phi) is 4.89. The number of fused-ring (bicyclic) bond motifs is 1. The van der Waals surface area contributed by atoms with Crippen LogP contribution >= 0.6 is 23.2 Å². The molecule has 1 fully saturated rings. The molecule has 4 rings (SSSR count). The Labute approximate surface area is 168 Å². The molecule has 10 heteroatoms. The molecule has 0 radical (unpaired) electrons. The predicted molar refractivity (Wildman–Crippen MR) is 101 cm³/mol. The topological polar surface area (TPSA) is 54.2 Å². The third-order valence-corrected chi connectivity index (χ3v) is 5.71. The molecule has 0 saturated carbocycles. The number of hydrogen-bond acceptors (Lipinski definition) is 4. The summed E-state index contributed by atoms with van der Waals surface area (Å²) in [6.07, 6.45) is -1.56. The molecule has 1 saturated heterocycles. The van der Waals surface area contributed by atoms with Gasteiger partial charge in [-0.2, -0.15) is 13.2 Å². The summed E-state index contributed by atoms with van der Waals surface area (Å²) in [6, 6.07) is 3.95. The third kappa shape index (κ3) is 3.29. The number of hydrogen-bond donors (Lipinski definition) is 1. The smallest absolute Gasteiger partial charge is 0.382 e. The maximum atomic E-state index is 13.1. The first kappa shape index (κ1) is 19.3. The van der Waals surface area contributed by atoms with Gasteiger partial charge in [0.05, 0.1) is 33.6 Å². The van der Waals surface area contributed by atoms with Crippen LogP contribution in [0.5, 0.6) is 0 Å². The van der Waals surface area contributed by atoms with E-state index in [9.17, 15) is 18.3 Å². The van der Waals surface area contributed by atoms with Gasteiger partial charge in [-0.15, -0.1) is 0 Å². The lowest BCUT2D eigenvalue weighted by atomic mass is 10.1. The van der Waals surface area contributed by atoms with Crippen LogP contribution in [0.4, 0.5) is 19.0 Å². The summed E-state index contributed by atoms with van der Waals surface area (Å²) in [4.78, 5) is 10.0. The number of anilines is 1. The van der Waals surface area contributed by atoms with Gasteiger partial charge in [-0.3, -0.25) is 0 Å². The van der Waals surface area contributed by atoms with Crippen LogP contribution in [-0.4, -0.2) is 44.5 Å².